The molecule has 0 radical (unpaired) electrons. The first-order chi connectivity index (χ1) is 8.76. The molecule has 3 saturated heterocycles. The highest BCUT2D eigenvalue weighted by Crippen LogP contribution is 2.19. The van der Waals surface area contributed by atoms with Gasteiger partial charge in [0.2, 0.25) is 0 Å². The van der Waals surface area contributed by atoms with Crippen LogP contribution in [0.1, 0.15) is 5.82 Å². The maximum absolute atomic E-state index is 5.71. The van der Waals surface area contributed by atoms with E-state index in [1.165, 1.54) is 17.9 Å². The Balaban J connectivity index is 1.68. The summed E-state index contributed by atoms with van der Waals surface area (Å²) in [6, 6.07) is 0.624. The highest BCUT2D eigenvalue weighted by atomic mass is 15.6. The molecule has 0 spiro atoms. The Kier molecular flexibility index (Phi) is 3.25. The van der Waals surface area contributed by atoms with E-state index >= 15 is 0 Å². The average molecular weight is 252 g/mol. The van der Waals surface area contributed by atoms with Gasteiger partial charge in [-0.05, 0) is 5.21 Å². The van der Waals surface area contributed by atoms with Gasteiger partial charge in [0.25, 0.3) is 0 Å². The lowest BCUT2D eigenvalue weighted by Gasteiger charge is -2.49. The molecule has 3 fully saturated rings. The molecule has 0 aliphatic carbocycles. The van der Waals surface area contributed by atoms with Crippen LogP contribution in [-0.4, -0.2) is 74.8 Å². The zero-order valence-electron chi connectivity index (χ0n) is 10.7. The van der Waals surface area contributed by atoms with Crippen LogP contribution in [0.3, 0.4) is 0 Å². The van der Waals surface area contributed by atoms with Gasteiger partial charge in [0.1, 0.15) is 0 Å². The van der Waals surface area contributed by atoms with Gasteiger partial charge in [0.15, 0.2) is 5.82 Å². The fraction of sp³-hybridized carbons (Fsp3) is 0.900. The zero-order chi connectivity index (χ0) is 12.5. The van der Waals surface area contributed by atoms with Gasteiger partial charge in [-0.15, -0.1) is 10.2 Å². The summed E-state index contributed by atoms with van der Waals surface area (Å²) in [6.07, 6.45) is 0.722. The third-order valence-electron chi connectivity index (χ3n) is 3.95. The van der Waals surface area contributed by atoms with Crippen LogP contribution < -0.4 is 11.3 Å². The Hall–Kier alpha value is -1.09. The standard InChI is InChI=1S/C10H20N8/c1-16-14-10(13-15-16)6-8(12-11)9-7-17-2-4-18(9)5-3-17/h8-9,12H,2-7,11H2,1H3. The van der Waals surface area contributed by atoms with E-state index in [1.54, 1.807) is 7.05 Å². The Morgan fingerprint density at radius 1 is 1.39 bits per heavy atom. The average Bonchev–Trinajstić information content (AvgIpc) is 2.83. The number of nitrogens with zero attached hydrogens (tertiary/aromatic N) is 6. The van der Waals surface area contributed by atoms with E-state index in [9.17, 15) is 0 Å². The third kappa shape index (κ3) is 2.24. The molecule has 3 N–H and O–H groups in total. The second kappa shape index (κ2) is 4.88. The number of hydrazine groups is 1. The maximum Gasteiger partial charge on any atom is 0.176 e. The van der Waals surface area contributed by atoms with E-state index in [4.69, 9.17) is 5.84 Å². The van der Waals surface area contributed by atoms with Crippen molar-refractivity contribution in [1.82, 2.24) is 35.4 Å². The molecule has 0 saturated carbocycles. The van der Waals surface area contributed by atoms with Gasteiger partial charge >= 0.3 is 0 Å². The van der Waals surface area contributed by atoms with E-state index < -0.39 is 0 Å². The van der Waals surface area contributed by atoms with Gasteiger partial charge in [-0.1, -0.05) is 0 Å². The van der Waals surface area contributed by atoms with Crippen LogP contribution in [0, 0.1) is 0 Å². The Labute approximate surface area is 106 Å². The van der Waals surface area contributed by atoms with Gasteiger partial charge in [0, 0.05) is 51.2 Å². The molecule has 0 amide bonds. The van der Waals surface area contributed by atoms with Crippen LogP contribution in [0.5, 0.6) is 0 Å². The van der Waals surface area contributed by atoms with Crippen molar-refractivity contribution in [3.05, 3.63) is 5.82 Å². The fourth-order valence-corrected chi connectivity index (χ4v) is 2.95. The SMILES string of the molecule is Cn1nnc(CC(NN)C2CN3CCN2CC3)n1. The molecule has 8 heteroatoms. The molecule has 100 valence electrons. The molecule has 0 aromatic carbocycles. The summed E-state index contributed by atoms with van der Waals surface area (Å²) in [6.45, 7) is 5.71. The number of aryl methyl sites for hydroxylation is 1. The molecule has 3 aliphatic heterocycles. The van der Waals surface area contributed by atoms with E-state index in [0.29, 0.717) is 6.04 Å². The van der Waals surface area contributed by atoms with Crippen molar-refractivity contribution >= 4 is 0 Å². The lowest BCUT2D eigenvalue weighted by Crippen LogP contribution is -2.67. The fourth-order valence-electron chi connectivity index (χ4n) is 2.95. The molecule has 4 heterocycles. The molecule has 1 aromatic rings. The highest BCUT2D eigenvalue weighted by Gasteiger charge is 2.36. The monoisotopic (exact) mass is 252 g/mol. The minimum Gasteiger partial charge on any atom is -0.299 e. The van der Waals surface area contributed by atoms with Gasteiger partial charge in [-0.25, -0.2) is 0 Å². The number of rotatable bonds is 4. The highest BCUT2D eigenvalue weighted by molar-refractivity contribution is 4.98. The van der Waals surface area contributed by atoms with Crippen LogP contribution in [0.25, 0.3) is 0 Å². The van der Waals surface area contributed by atoms with Gasteiger partial charge < -0.3 is 0 Å². The van der Waals surface area contributed by atoms with Crippen LogP contribution in [0.2, 0.25) is 0 Å². The first-order valence-electron chi connectivity index (χ1n) is 6.41. The number of hydrogen-bond acceptors (Lipinski definition) is 7. The molecule has 8 nitrogen and oxygen atoms in total. The number of nitrogens with two attached hydrogens (primary N) is 1. The minimum atomic E-state index is 0.178. The normalized spacial score (nSPS) is 32.7. The summed E-state index contributed by atoms with van der Waals surface area (Å²) < 4.78 is 0. The van der Waals surface area contributed by atoms with Crippen molar-refractivity contribution in [3.8, 4) is 0 Å². The third-order valence-corrected chi connectivity index (χ3v) is 3.95. The zero-order valence-corrected chi connectivity index (χ0v) is 10.7. The lowest BCUT2D eigenvalue weighted by molar-refractivity contribution is -0.00343. The summed E-state index contributed by atoms with van der Waals surface area (Å²) in [5, 5.41) is 12.1. The van der Waals surface area contributed by atoms with Crippen molar-refractivity contribution in [2.24, 2.45) is 12.9 Å². The summed E-state index contributed by atoms with van der Waals surface area (Å²) in [7, 11) is 1.78. The number of aromatic nitrogens is 4. The quantitative estimate of drug-likeness (QED) is 0.455. The molecule has 1 aromatic heterocycles. The van der Waals surface area contributed by atoms with Gasteiger partial charge in [-0.3, -0.25) is 21.1 Å². The first-order valence-corrected chi connectivity index (χ1v) is 6.41. The predicted molar refractivity (Wildman–Crippen MR) is 65.4 cm³/mol. The topological polar surface area (TPSA) is 88.1 Å². The summed E-state index contributed by atoms with van der Waals surface area (Å²) in [4.78, 5) is 6.50. The first kappa shape index (κ1) is 12.0. The van der Waals surface area contributed by atoms with Crippen LogP contribution in [0.15, 0.2) is 0 Å². The number of fused-ring (bicyclic) bond motifs is 3. The Morgan fingerprint density at radius 3 is 2.67 bits per heavy atom. The summed E-state index contributed by atoms with van der Waals surface area (Å²) in [5.41, 5.74) is 2.93. The lowest BCUT2D eigenvalue weighted by atomic mass is 9.98. The molecule has 2 atom stereocenters. The van der Waals surface area contributed by atoms with Crippen molar-refractivity contribution in [2.45, 2.75) is 18.5 Å². The van der Waals surface area contributed by atoms with Crippen LogP contribution in [-0.2, 0) is 13.5 Å². The second-order valence-corrected chi connectivity index (χ2v) is 5.08. The molecular weight excluding hydrogens is 232 g/mol. The molecular formula is C10H20N8. The van der Waals surface area contributed by atoms with E-state index in [2.05, 4.69) is 30.6 Å². The predicted octanol–water partition coefficient (Wildman–Crippen LogP) is -2.42. The van der Waals surface area contributed by atoms with Crippen molar-refractivity contribution < 1.29 is 0 Å². The molecule has 2 unspecified atom stereocenters. The number of tetrazole rings is 1. The second-order valence-electron chi connectivity index (χ2n) is 5.08. The number of piperazine rings is 3. The van der Waals surface area contributed by atoms with Crippen LogP contribution >= 0.6 is 0 Å². The van der Waals surface area contributed by atoms with Gasteiger partial charge in [-0.2, -0.15) is 4.80 Å². The largest absolute Gasteiger partial charge is 0.299 e. The Morgan fingerprint density at radius 2 is 2.17 bits per heavy atom. The van der Waals surface area contributed by atoms with Crippen molar-refractivity contribution in [2.75, 3.05) is 32.7 Å². The number of nitrogens with one attached hydrogen (secondary N) is 1. The number of hydrogen-bond donors (Lipinski definition) is 2. The maximum atomic E-state index is 5.71. The summed E-state index contributed by atoms with van der Waals surface area (Å²) >= 11 is 0. The van der Waals surface area contributed by atoms with Gasteiger partial charge in [0.05, 0.1) is 7.05 Å². The molecule has 3 aliphatic rings. The molecule has 18 heavy (non-hydrogen) atoms. The van der Waals surface area contributed by atoms with E-state index in [1.807, 2.05) is 0 Å². The van der Waals surface area contributed by atoms with E-state index in [-0.39, 0.29) is 6.04 Å². The smallest absolute Gasteiger partial charge is 0.176 e. The Bertz CT molecular complexity index is 396. The molecule has 2 bridgehead atoms. The minimum absolute atomic E-state index is 0.178. The molecule has 4 rings (SSSR count). The van der Waals surface area contributed by atoms with E-state index in [0.717, 1.165) is 31.9 Å². The van der Waals surface area contributed by atoms with Crippen LogP contribution in [0.4, 0.5) is 0 Å². The van der Waals surface area contributed by atoms with Crippen molar-refractivity contribution in [1.29, 1.82) is 0 Å². The summed E-state index contributed by atoms with van der Waals surface area (Å²) in [5.74, 6) is 6.46. The van der Waals surface area contributed by atoms with Crippen molar-refractivity contribution in [3.63, 3.8) is 0 Å².